The van der Waals surface area contributed by atoms with E-state index in [4.69, 9.17) is 16.3 Å². The van der Waals surface area contributed by atoms with Crippen LogP contribution in [0.5, 0.6) is 0 Å². The van der Waals surface area contributed by atoms with Gasteiger partial charge < -0.3 is 10.1 Å². The molecule has 0 fully saturated rings. The molecule has 0 bridgehead atoms. The van der Waals surface area contributed by atoms with E-state index in [1.807, 2.05) is 25.1 Å². The third-order valence-electron chi connectivity index (χ3n) is 2.31. The summed E-state index contributed by atoms with van der Waals surface area (Å²) in [5, 5.41) is 4.19. The molecule has 90 valence electrons. The minimum absolute atomic E-state index is 0.802. The van der Waals surface area contributed by atoms with Gasteiger partial charge in [0.05, 0.1) is 0 Å². The van der Waals surface area contributed by atoms with E-state index < -0.39 is 0 Å². The van der Waals surface area contributed by atoms with Crippen molar-refractivity contribution in [1.82, 2.24) is 5.32 Å². The van der Waals surface area contributed by atoms with Crippen LogP contribution in [0.25, 0.3) is 0 Å². The highest BCUT2D eigenvalue weighted by Gasteiger charge is 1.94. The molecule has 1 N–H and O–H groups in total. The standard InChI is InChI=1S/C13H20ClNO/c1-2-16-9-4-3-8-15-11-12-6-5-7-13(14)10-12/h5-7,10,15H,2-4,8-9,11H2,1H3. The van der Waals surface area contributed by atoms with Crippen LogP contribution in [-0.2, 0) is 11.3 Å². The lowest BCUT2D eigenvalue weighted by atomic mass is 10.2. The maximum atomic E-state index is 5.90. The van der Waals surface area contributed by atoms with Gasteiger partial charge in [0.15, 0.2) is 0 Å². The normalized spacial score (nSPS) is 10.6. The van der Waals surface area contributed by atoms with Crippen molar-refractivity contribution in [3.63, 3.8) is 0 Å². The first-order chi connectivity index (χ1) is 7.83. The quantitative estimate of drug-likeness (QED) is 0.706. The molecule has 16 heavy (non-hydrogen) atoms. The SMILES string of the molecule is CCOCCCCNCc1cccc(Cl)c1. The molecule has 1 rings (SSSR count). The summed E-state index contributed by atoms with van der Waals surface area (Å²) >= 11 is 5.90. The second-order valence-electron chi connectivity index (χ2n) is 3.71. The molecule has 0 saturated carbocycles. The summed E-state index contributed by atoms with van der Waals surface area (Å²) in [4.78, 5) is 0. The molecule has 0 amide bonds. The summed E-state index contributed by atoms with van der Waals surface area (Å²) in [5.74, 6) is 0. The van der Waals surface area contributed by atoms with Gasteiger partial charge in [0.2, 0.25) is 0 Å². The van der Waals surface area contributed by atoms with E-state index in [1.165, 1.54) is 5.56 Å². The molecular weight excluding hydrogens is 222 g/mol. The van der Waals surface area contributed by atoms with Gasteiger partial charge in [-0.05, 0) is 44.0 Å². The van der Waals surface area contributed by atoms with Crippen molar-refractivity contribution in [2.45, 2.75) is 26.3 Å². The lowest BCUT2D eigenvalue weighted by Crippen LogP contribution is -2.15. The van der Waals surface area contributed by atoms with Crippen LogP contribution < -0.4 is 5.32 Å². The van der Waals surface area contributed by atoms with E-state index >= 15 is 0 Å². The lowest BCUT2D eigenvalue weighted by molar-refractivity contribution is 0.143. The Hall–Kier alpha value is -0.570. The molecule has 0 radical (unpaired) electrons. The van der Waals surface area contributed by atoms with E-state index in [2.05, 4.69) is 11.4 Å². The highest BCUT2D eigenvalue weighted by Crippen LogP contribution is 2.10. The Morgan fingerprint density at radius 2 is 2.19 bits per heavy atom. The first-order valence-electron chi connectivity index (χ1n) is 5.86. The number of ether oxygens (including phenoxy) is 1. The van der Waals surface area contributed by atoms with Crippen molar-refractivity contribution in [3.05, 3.63) is 34.9 Å². The summed E-state index contributed by atoms with van der Waals surface area (Å²) in [6, 6.07) is 7.95. The predicted molar refractivity (Wildman–Crippen MR) is 68.9 cm³/mol. The Morgan fingerprint density at radius 1 is 1.31 bits per heavy atom. The average molecular weight is 242 g/mol. The monoisotopic (exact) mass is 241 g/mol. The average Bonchev–Trinajstić information content (AvgIpc) is 2.28. The summed E-state index contributed by atoms with van der Waals surface area (Å²) < 4.78 is 5.27. The van der Waals surface area contributed by atoms with Crippen molar-refractivity contribution in [1.29, 1.82) is 0 Å². The summed E-state index contributed by atoms with van der Waals surface area (Å²) in [7, 11) is 0. The van der Waals surface area contributed by atoms with Crippen LogP contribution in [0.3, 0.4) is 0 Å². The van der Waals surface area contributed by atoms with Crippen LogP contribution >= 0.6 is 11.6 Å². The van der Waals surface area contributed by atoms with Crippen LogP contribution in [0.15, 0.2) is 24.3 Å². The zero-order chi connectivity index (χ0) is 11.6. The van der Waals surface area contributed by atoms with Crippen LogP contribution in [0, 0.1) is 0 Å². The van der Waals surface area contributed by atoms with Crippen LogP contribution in [0.2, 0.25) is 5.02 Å². The Morgan fingerprint density at radius 3 is 2.94 bits per heavy atom. The molecule has 0 heterocycles. The predicted octanol–water partition coefficient (Wildman–Crippen LogP) is 3.25. The number of unbranched alkanes of at least 4 members (excludes halogenated alkanes) is 1. The number of nitrogens with one attached hydrogen (secondary N) is 1. The van der Waals surface area contributed by atoms with Gasteiger partial charge in [0.1, 0.15) is 0 Å². The molecule has 0 atom stereocenters. The maximum Gasteiger partial charge on any atom is 0.0466 e. The Labute approximate surface area is 103 Å². The van der Waals surface area contributed by atoms with E-state index in [0.29, 0.717) is 0 Å². The molecule has 0 aliphatic heterocycles. The van der Waals surface area contributed by atoms with Gasteiger partial charge in [-0.25, -0.2) is 0 Å². The highest BCUT2D eigenvalue weighted by molar-refractivity contribution is 6.30. The number of hydrogen-bond donors (Lipinski definition) is 1. The van der Waals surface area contributed by atoms with E-state index in [0.717, 1.165) is 44.2 Å². The van der Waals surface area contributed by atoms with Gasteiger partial charge in [-0.15, -0.1) is 0 Å². The molecule has 2 nitrogen and oxygen atoms in total. The first-order valence-corrected chi connectivity index (χ1v) is 6.23. The number of rotatable bonds is 8. The number of benzene rings is 1. The van der Waals surface area contributed by atoms with Crippen molar-refractivity contribution in [2.75, 3.05) is 19.8 Å². The Bertz CT molecular complexity index is 291. The third kappa shape index (κ3) is 6.11. The molecule has 0 aliphatic rings. The van der Waals surface area contributed by atoms with Gasteiger partial charge in [0.25, 0.3) is 0 Å². The van der Waals surface area contributed by atoms with Crippen molar-refractivity contribution >= 4 is 11.6 Å². The van der Waals surface area contributed by atoms with E-state index in [1.54, 1.807) is 0 Å². The molecule has 3 heteroatoms. The van der Waals surface area contributed by atoms with Gasteiger partial charge in [-0.3, -0.25) is 0 Å². The van der Waals surface area contributed by atoms with Gasteiger partial charge in [-0.1, -0.05) is 23.7 Å². The minimum Gasteiger partial charge on any atom is -0.382 e. The molecular formula is C13H20ClNO. The van der Waals surface area contributed by atoms with Crippen LogP contribution in [0.1, 0.15) is 25.3 Å². The topological polar surface area (TPSA) is 21.3 Å². The first kappa shape index (κ1) is 13.5. The number of halogens is 1. The highest BCUT2D eigenvalue weighted by atomic mass is 35.5. The zero-order valence-electron chi connectivity index (χ0n) is 9.84. The van der Waals surface area contributed by atoms with E-state index in [-0.39, 0.29) is 0 Å². The van der Waals surface area contributed by atoms with Crippen molar-refractivity contribution in [2.24, 2.45) is 0 Å². The fourth-order valence-electron chi connectivity index (χ4n) is 1.48. The molecule has 0 saturated heterocycles. The van der Waals surface area contributed by atoms with Crippen LogP contribution in [0.4, 0.5) is 0 Å². The molecule has 0 aliphatic carbocycles. The van der Waals surface area contributed by atoms with Gasteiger partial charge >= 0.3 is 0 Å². The van der Waals surface area contributed by atoms with Gasteiger partial charge in [-0.2, -0.15) is 0 Å². The van der Waals surface area contributed by atoms with Crippen molar-refractivity contribution in [3.8, 4) is 0 Å². The summed E-state index contributed by atoms with van der Waals surface area (Å²) in [6.45, 7) is 5.62. The lowest BCUT2D eigenvalue weighted by Gasteiger charge is -2.05. The van der Waals surface area contributed by atoms with Crippen LogP contribution in [-0.4, -0.2) is 19.8 Å². The smallest absolute Gasteiger partial charge is 0.0466 e. The molecule has 0 unspecified atom stereocenters. The molecule has 1 aromatic carbocycles. The summed E-state index contributed by atoms with van der Waals surface area (Å²) in [6.07, 6.45) is 2.27. The van der Waals surface area contributed by atoms with Gasteiger partial charge in [0, 0.05) is 24.8 Å². The van der Waals surface area contributed by atoms with E-state index in [9.17, 15) is 0 Å². The minimum atomic E-state index is 0.802. The Kier molecular flexibility index (Phi) is 7.23. The fraction of sp³-hybridized carbons (Fsp3) is 0.538. The molecule has 0 aromatic heterocycles. The summed E-state index contributed by atoms with van der Waals surface area (Å²) in [5.41, 5.74) is 1.23. The third-order valence-corrected chi connectivity index (χ3v) is 2.55. The second-order valence-corrected chi connectivity index (χ2v) is 4.15. The van der Waals surface area contributed by atoms with Crippen molar-refractivity contribution < 1.29 is 4.74 Å². The zero-order valence-corrected chi connectivity index (χ0v) is 10.6. The fourth-order valence-corrected chi connectivity index (χ4v) is 1.69. The second kappa shape index (κ2) is 8.57. The number of hydrogen-bond acceptors (Lipinski definition) is 2. The molecule has 1 aromatic rings. The largest absolute Gasteiger partial charge is 0.382 e. The maximum absolute atomic E-state index is 5.90. The molecule has 0 spiro atoms. The Balaban J connectivity index is 2.03.